The number of aromatic nitrogens is 1. The quantitative estimate of drug-likeness (QED) is 0.508. The number of aliphatic hydroxyl groups is 3. The molecule has 0 unspecified atom stereocenters. The molecule has 1 aromatic heterocycles. The Bertz CT molecular complexity index is 733. The van der Waals surface area contributed by atoms with Crippen molar-refractivity contribution in [1.29, 1.82) is 0 Å². The number of nitrogens with one attached hydrogen (secondary N) is 1. The van der Waals surface area contributed by atoms with E-state index in [1.165, 1.54) is 6.20 Å². The maximum absolute atomic E-state index is 11.1. The van der Waals surface area contributed by atoms with Gasteiger partial charge in [0.25, 0.3) is 0 Å². The van der Waals surface area contributed by atoms with E-state index >= 15 is 0 Å². The van der Waals surface area contributed by atoms with E-state index < -0.39 is 36.7 Å². The van der Waals surface area contributed by atoms with Crippen LogP contribution in [0.15, 0.2) is 28.9 Å². The number of H-pyrrole nitrogens is 1. The van der Waals surface area contributed by atoms with Crippen molar-refractivity contribution in [2.45, 2.75) is 30.7 Å². The van der Waals surface area contributed by atoms with E-state index in [-0.39, 0.29) is 0 Å². The molecule has 3 rings (SSSR count). The van der Waals surface area contributed by atoms with Gasteiger partial charge in [0, 0.05) is 16.1 Å². The van der Waals surface area contributed by atoms with Gasteiger partial charge < -0.3 is 34.9 Å². The molecule has 5 atom stereocenters. The summed E-state index contributed by atoms with van der Waals surface area (Å²) in [5, 5.41) is 39.1. The SMILES string of the molecule is O=C(O)[C@H]1O[C@@H](Oc2c[nH]c3cc(Br)ccc23)[C@H](O)[C@@H](O)[C@@H]1O. The Morgan fingerprint density at radius 1 is 1.22 bits per heavy atom. The minimum atomic E-state index is -1.75. The van der Waals surface area contributed by atoms with Crippen molar-refractivity contribution >= 4 is 32.8 Å². The molecular formula is C14H14BrNO7. The second-order valence-electron chi connectivity index (χ2n) is 5.20. The number of hydrogen-bond donors (Lipinski definition) is 5. The van der Waals surface area contributed by atoms with Crippen molar-refractivity contribution in [3.05, 3.63) is 28.9 Å². The van der Waals surface area contributed by atoms with Crippen molar-refractivity contribution in [2.24, 2.45) is 0 Å². The highest BCUT2D eigenvalue weighted by molar-refractivity contribution is 9.10. The third-order valence-corrected chi connectivity index (χ3v) is 4.16. The summed E-state index contributed by atoms with van der Waals surface area (Å²) >= 11 is 3.34. The molecule has 1 saturated heterocycles. The molecule has 0 bridgehead atoms. The average Bonchev–Trinajstić information content (AvgIpc) is 2.89. The standard InChI is InChI=1S/C14H14BrNO7/c15-5-1-2-6-7(3-5)16-4-8(6)22-14-11(19)9(17)10(18)12(23-14)13(20)21/h1-4,9-12,14,16-19H,(H,20,21)/t9-,10-,11+,12-,14+/m0/s1. The summed E-state index contributed by atoms with van der Waals surface area (Å²) in [5.41, 5.74) is 0.759. The molecule has 5 N–H and O–H groups in total. The van der Waals surface area contributed by atoms with Gasteiger partial charge in [0.15, 0.2) is 6.10 Å². The number of carboxylic acid groups (broad SMARTS) is 1. The summed E-state index contributed by atoms with van der Waals surface area (Å²) in [7, 11) is 0. The molecule has 1 fully saturated rings. The Morgan fingerprint density at radius 3 is 2.65 bits per heavy atom. The Balaban J connectivity index is 1.86. The summed E-state index contributed by atoms with van der Waals surface area (Å²) in [4.78, 5) is 14.0. The maximum atomic E-state index is 11.1. The van der Waals surface area contributed by atoms with Gasteiger partial charge in [0.1, 0.15) is 24.1 Å². The second kappa shape index (κ2) is 6.10. The Morgan fingerprint density at radius 2 is 1.96 bits per heavy atom. The van der Waals surface area contributed by atoms with E-state index in [1.54, 1.807) is 12.1 Å². The van der Waals surface area contributed by atoms with Gasteiger partial charge in [-0.3, -0.25) is 0 Å². The summed E-state index contributed by atoms with van der Waals surface area (Å²) in [5.74, 6) is -1.14. The molecule has 0 aliphatic carbocycles. The van der Waals surface area contributed by atoms with Crippen LogP contribution in [0.4, 0.5) is 0 Å². The highest BCUT2D eigenvalue weighted by Crippen LogP contribution is 2.31. The minimum absolute atomic E-state index is 0.323. The number of benzene rings is 1. The van der Waals surface area contributed by atoms with Gasteiger partial charge in [-0.05, 0) is 18.2 Å². The summed E-state index contributed by atoms with van der Waals surface area (Å²) < 4.78 is 11.4. The van der Waals surface area contributed by atoms with Crippen molar-refractivity contribution in [2.75, 3.05) is 0 Å². The molecule has 1 aromatic carbocycles. The molecule has 1 aliphatic rings. The number of aliphatic hydroxyl groups excluding tert-OH is 3. The third kappa shape index (κ3) is 2.93. The fourth-order valence-electron chi connectivity index (χ4n) is 2.44. The first kappa shape index (κ1) is 16.2. The first-order valence-electron chi connectivity index (χ1n) is 6.74. The largest absolute Gasteiger partial charge is 0.479 e. The second-order valence-corrected chi connectivity index (χ2v) is 6.11. The first-order valence-corrected chi connectivity index (χ1v) is 7.53. The molecule has 2 aromatic rings. The van der Waals surface area contributed by atoms with Gasteiger partial charge in [0.2, 0.25) is 6.29 Å². The maximum Gasteiger partial charge on any atom is 0.335 e. The van der Waals surface area contributed by atoms with Crippen LogP contribution in [0.3, 0.4) is 0 Å². The lowest BCUT2D eigenvalue weighted by atomic mass is 9.99. The molecule has 1 aliphatic heterocycles. The normalized spacial score (nSPS) is 31.2. The number of aromatic amines is 1. The number of carbonyl (C=O) groups is 1. The summed E-state index contributed by atoms with van der Waals surface area (Å²) in [6.45, 7) is 0. The molecule has 124 valence electrons. The molecule has 23 heavy (non-hydrogen) atoms. The first-order chi connectivity index (χ1) is 10.9. The molecule has 0 spiro atoms. The minimum Gasteiger partial charge on any atom is -0.479 e. The topological polar surface area (TPSA) is 132 Å². The zero-order valence-corrected chi connectivity index (χ0v) is 13.2. The van der Waals surface area contributed by atoms with E-state index in [0.717, 1.165) is 9.99 Å². The fraction of sp³-hybridized carbons (Fsp3) is 0.357. The van der Waals surface area contributed by atoms with Crippen molar-refractivity contribution in [1.82, 2.24) is 4.98 Å². The Hall–Kier alpha value is -1.65. The van der Waals surface area contributed by atoms with Crippen LogP contribution >= 0.6 is 15.9 Å². The number of halogens is 1. The highest BCUT2D eigenvalue weighted by Gasteiger charge is 2.48. The number of ether oxygens (including phenoxy) is 2. The number of fused-ring (bicyclic) bond motifs is 1. The van der Waals surface area contributed by atoms with Crippen LogP contribution in [0.2, 0.25) is 0 Å². The van der Waals surface area contributed by atoms with Crippen LogP contribution in [0.25, 0.3) is 10.9 Å². The van der Waals surface area contributed by atoms with Gasteiger partial charge in [-0.15, -0.1) is 0 Å². The molecule has 9 heteroatoms. The lowest BCUT2D eigenvalue weighted by Crippen LogP contribution is -2.61. The lowest BCUT2D eigenvalue weighted by molar-refractivity contribution is -0.270. The average molecular weight is 388 g/mol. The predicted octanol–water partition coefficient (Wildman–Crippen LogP) is 0.201. The van der Waals surface area contributed by atoms with Gasteiger partial charge >= 0.3 is 5.97 Å². The molecule has 0 radical (unpaired) electrons. The zero-order valence-electron chi connectivity index (χ0n) is 11.6. The van der Waals surface area contributed by atoms with Gasteiger partial charge in [0.05, 0.1) is 5.52 Å². The fourth-order valence-corrected chi connectivity index (χ4v) is 2.80. The van der Waals surface area contributed by atoms with Crippen LogP contribution in [0.5, 0.6) is 5.75 Å². The third-order valence-electron chi connectivity index (χ3n) is 3.66. The molecule has 8 nitrogen and oxygen atoms in total. The van der Waals surface area contributed by atoms with Crippen LogP contribution in [0.1, 0.15) is 0 Å². The predicted molar refractivity (Wildman–Crippen MR) is 80.9 cm³/mol. The number of aliphatic carboxylic acids is 1. The van der Waals surface area contributed by atoms with E-state index in [1.807, 2.05) is 6.07 Å². The number of rotatable bonds is 3. The molecule has 0 saturated carbocycles. The van der Waals surface area contributed by atoms with Gasteiger partial charge in [-0.1, -0.05) is 15.9 Å². The van der Waals surface area contributed by atoms with Gasteiger partial charge in [-0.25, -0.2) is 4.79 Å². The van der Waals surface area contributed by atoms with Crippen LogP contribution in [-0.4, -0.2) is 62.1 Å². The van der Waals surface area contributed by atoms with E-state index in [2.05, 4.69) is 20.9 Å². The number of carboxylic acids is 1. The van der Waals surface area contributed by atoms with Crippen LogP contribution in [-0.2, 0) is 9.53 Å². The highest BCUT2D eigenvalue weighted by atomic mass is 79.9. The van der Waals surface area contributed by atoms with Crippen molar-refractivity contribution in [3.63, 3.8) is 0 Å². The van der Waals surface area contributed by atoms with Crippen LogP contribution in [0, 0.1) is 0 Å². The van der Waals surface area contributed by atoms with Crippen molar-refractivity contribution in [3.8, 4) is 5.75 Å². The Kier molecular flexibility index (Phi) is 4.30. The summed E-state index contributed by atoms with van der Waals surface area (Å²) in [6.07, 6.45) is -6.65. The van der Waals surface area contributed by atoms with Crippen molar-refractivity contribution < 1.29 is 34.7 Å². The van der Waals surface area contributed by atoms with Gasteiger partial charge in [-0.2, -0.15) is 0 Å². The molecular weight excluding hydrogens is 374 g/mol. The van der Waals surface area contributed by atoms with E-state index in [0.29, 0.717) is 11.1 Å². The van der Waals surface area contributed by atoms with Crippen LogP contribution < -0.4 is 4.74 Å². The molecule has 0 amide bonds. The smallest absolute Gasteiger partial charge is 0.335 e. The molecule has 2 heterocycles. The monoisotopic (exact) mass is 387 g/mol. The zero-order chi connectivity index (χ0) is 16.7. The van der Waals surface area contributed by atoms with E-state index in [9.17, 15) is 20.1 Å². The van der Waals surface area contributed by atoms with E-state index in [4.69, 9.17) is 14.6 Å². The summed E-state index contributed by atoms with van der Waals surface area (Å²) in [6, 6.07) is 5.37. The lowest BCUT2D eigenvalue weighted by Gasteiger charge is -2.38. The number of hydrogen-bond acceptors (Lipinski definition) is 6. The Labute approximate surface area is 138 Å².